The normalized spacial score (nSPS) is 15.5. The number of carbonyl (C=O) groups excluding carboxylic acids is 1. The van der Waals surface area contributed by atoms with Crippen LogP contribution in [0.15, 0.2) is 51.5 Å². The van der Waals surface area contributed by atoms with Crippen molar-refractivity contribution in [2.75, 3.05) is 20.1 Å². The summed E-state index contributed by atoms with van der Waals surface area (Å²) in [6.07, 6.45) is 0.779. The van der Waals surface area contributed by atoms with E-state index >= 15 is 0 Å². The quantitative estimate of drug-likeness (QED) is 0.389. The van der Waals surface area contributed by atoms with Crippen LogP contribution in [-0.2, 0) is 4.79 Å². The van der Waals surface area contributed by atoms with Crippen molar-refractivity contribution in [3.8, 4) is 5.75 Å². The van der Waals surface area contributed by atoms with Crippen LogP contribution in [0.25, 0.3) is 0 Å². The van der Waals surface area contributed by atoms with E-state index in [1.165, 1.54) is 36.0 Å². The molecule has 1 aliphatic rings. The van der Waals surface area contributed by atoms with Gasteiger partial charge in [0.2, 0.25) is 0 Å². The Balaban J connectivity index is 1.97. The number of likely N-dealkylation sites (N-methyl/N-ethyl adjacent to an activating group) is 1. The van der Waals surface area contributed by atoms with E-state index in [2.05, 4.69) is 16.7 Å². The van der Waals surface area contributed by atoms with E-state index in [9.17, 15) is 9.70 Å². The SMILES string of the molecule is C=C(SC1=C(N)CCN(C)C1)C(=O)Oc1ccc(N=O)cc1. The number of rotatable bonds is 5. The molecule has 22 heavy (non-hydrogen) atoms. The van der Waals surface area contributed by atoms with Crippen molar-refractivity contribution in [2.24, 2.45) is 10.9 Å². The predicted molar refractivity (Wildman–Crippen MR) is 87.6 cm³/mol. The van der Waals surface area contributed by atoms with E-state index in [-0.39, 0.29) is 10.6 Å². The Bertz CT molecular complexity index is 625. The summed E-state index contributed by atoms with van der Waals surface area (Å²) >= 11 is 1.24. The molecule has 2 N–H and O–H groups in total. The van der Waals surface area contributed by atoms with Gasteiger partial charge in [0.15, 0.2) is 0 Å². The first-order valence-corrected chi connectivity index (χ1v) is 7.49. The van der Waals surface area contributed by atoms with Crippen LogP contribution in [0.4, 0.5) is 5.69 Å². The number of ether oxygens (including phenoxy) is 1. The highest BCUT2D eigenvalue weighted by molar-refractivity contribution is 8.07. The molecular formula is C15H17N3O3S. The maximum Gasteiger partial charge on any atom is 0.349 e. The molecule has 0 saturated carbocycles. The lowest BCUT2D eigenvalue weighted by molar-refractivity contribution is -0.129. The van der Waals surface area contributed by atoms with Gasteiger partial charge in [-0.25, -0.2) is 4.79 Å². The third kappa shape index (κ3) is 4.19. The average molecular weight is 319 g/mol. The minimum Gasteiger partial charge on any atom is -0.423 e. The summed E-state index contributed by atoms with van der Waals surface area (Å²) in [6.45, 7) is 5.35. The molecule has 0 aliphatic carbocycles. The molecule has 0 unspecified atom stereocenters. The second-order valence-corrected chi connectivity index (χ2v) is 6.13. The van der Waals surface area contributed by atoms with E-state index in [1.54, 1.807) is 0 Å². The van der Waals surface area contributed by atoms with E-state index in [4.69, 9.17) is 10.5 Å². The zero-order valence-electron chi connectivity index (χ0n) is 12.2. The highest BCUT2D eigenvalue weighted by Crippen LogP contribution is 2.30. The molecule has 0 spiro atoms. The molecule has 0 amide bonds. The average Bonchev–Trinajstić information content (AvgIpc) is 2.51. The van der Waals surface area contributed by atoms with Crippen molar-refractivity contribution >= 4 is 23.4 Å². The van der Waals surface area contributed by atoms with Gasteiger partial charge >= 0.3 is 5.97 Å². The van der Waals surface area contributed by atoms with Gasteiger partial charge in [-0.15, -0.1) is 4.91 Å². The maximum atomic E-state index is 12.0. The summed E-state index contributed by atoms with van der Waals surface area (Å²) in [4.78, 5) is 25.7. The van der Waals surface area contributed by atoms with Crippen molar-refractivity contribution in [1.29, 1.82) is 0 Å². The van der Waals surface area contributed by atoms with Gasteiger partial charge in [0.25, 0.3) is 0 Å². The standard InChI is InChI=1S/C15H17N3O3S/c1-10(22-14-9-18(2)8-7-13(14)16)15(19)21-12-5-3-11(17-20)4-6-12/h3-6H,1,7-9,16H2,2H3. The van der Waals surface area contributed by atoms with Gasteiger partial charge in [-0.2, -0.15) is 0 Å². The second kappa shape index (κ2) is 7.24. The lowest BCUT2D eigenvalue weighted by Crippen LogP contribution is -2.29. The molecule has 0 atom stereocenters. The third-order valence-electron chi connectivity index (χ3n) is 3.16. The number of nitrogens with two attached hydrogens (primary N) is 1. The summed E-state index contributed by atoms with van der Waals surface area (Å²) in [5.74, 6) is -0.202. The van der Waals surface area contributed by atoms with Crippen LogP contribution >= 0.6 is 11.8 Å². The highest BCUT2D eigenvalue weighted by Gasteiger charge is 2.19. The van der Waals surface area contributed by atoms with Crippen LogP contribution in [0.3, 0.4) is 0 Å². The summed E-state index contributed by atoms with van der Waals surface area (Å²) in [5.41, 5.74) is 7.04. The van der Waals surface area contributed by atoms with Gasteiger partial charge in [0.05, 0.1) is 4.91 Å². The predicted octanol–water partition coefficient (Wildman–Crippen LogP) is 2.74. The Morgan fingerprint density at radius 1 is 1.41 bits per heavy atom. The monoisotopic (exact) mass is 319 g/mol. The maximum absolute atomic E-state index is 12.0. The van der Waals surface area contributed by atoms with Crippen molar-refractivity contribution in [1.82, 2.24) is 4.90 Å². The fraction of sp³-hybridized carbons (Fsp3) is 0.267. The van der Waals surface area contributed by atoms with Gasteiger partial charge in [0.1, 0.15) is 11.4 Å². The Hall–Kier alpha value is -2.12. The smallest absolute Gasteiger partial charge is 0.349 e. The molecule has 0 saturated heterocycles. The highest BCUT2D eigenvalue weighted by atomic mass is 32.2. The number of hydrogen-bond acceptors (Lipinski definition) is 7. The Kier molecular flexibility index (Phi) is 5.35. The van der Waals surface area contributed by atoms with Crippen LogP contribution in [0, 0.1) is 4.91 Å². The van der Waals surface area contributed by atoms with E-state index in [0.717, 1.165) is 23.6 Å². The largest absolute Gasteiger partial charge is 0.423 e. The zero-order chi connectivity index (χ0) is 16.1. The van der Waals surface area contributed by atoms with Crippen molar-refractivity contribution < 1.29 is 9.53 Å². The van der Waals surface area contributed by atoms with E-state index in [0.29, 0.717) is 12.3 Å². The Morgan fingerprint density at radius 2 is 2.09 bits per heavy atom. The summed E-state index contributed by atoms with van der Waals surface area (Å²) in [5, 5.41) is 2.78. The van der Waals surface area contributed by atoms with Crippen molar-refractivity contribution in [3.63, 3.8) is 0 Å². The van der Waals surface area contributed by atoms with Crippen LogP contribution < -0.4 is 10.5 Å². The van der Waals surface area contributed by atoms with Gasteiger partial charge in [0, 0.05) is 30.1 Å². The topological polar surface area (TPSA) is 85.0 Å². The lowest BCUT2D eigenvalue weighted by Gasteiger charge is -2.25. The van der Waals surface area contributed by atoms with Gasteiger partial charge in [-0.1, -0.05) is 18.3 Å². The Labute approximate surface area is 133 Å². The number of hydrogen-bond donors (Lipinski definition) is 1. The van der Waals surface area contributed by atoms with Crippen LogP contribution in [0.1, 0.15) is 6.42 Å². The Morgan fingerprint density at radius 3 is 2.73 bits per heavy atom. The van der Waals surface area contributed by atoms with E-state index < -0.39 is 5.97 Å². The number of nitrogens with zero attached hydrogens (tertiary/aromatic N) is 2. The molecular weight excluding hydrogens is 302 g/mol. The van der Waals surface area contributed by atoms with Crippen LogP contribution in [-0.4, -0.2) is 31.0 Å². The molecule has 0 aromatic heterocycles. The first-order chi connectivity index (χ1) is 10.5. The van der Waals surface area contributed by atoms with Gasteiger partial charge < -0.3 is 15.4 Å². The minimum atomic E-state index is -0.537. The molecule has 0 fully saturated rings. The van der Waals surface area contributed by atoms with Gasteiger partial charge in [-0.05, 0) is 36.5 Å². The number of benzene rings is 1. The molecule has 116 valence electrons. The number of thioether (sulfide) groups is 1. The number of carbonyl (C=O) groups is 1. The van der Waals surface area contributed by atoms with Crippen LogP contribution in [0.2, 0.25) is 0 Å². The summed E-state index contributed by atoms with van der Waals surface area (Å²) in [7, 11) is 2.00. The first-order valence-electron chi connectivity index (χ1n) is 6.68. The molecule has 1 aromatic rings. The second-order valence-electron chi connectivity index (χ2n) is 4.94. The minimum absolute atomic E-state index is 0.269. The van der Waals surface area contributed by atoms with Gasteiger partial charge in [-0.3, -0.25) is 0 Å². The fourth-order valence-electron chi connectivity index (χ4n) is 1.90. The summed E-state index contributed by atoms with van der Waals surface area (Å²) in [6, 6.07) is 5.97. The molecule has 0 radical (unpaired) electrons. The summed E-state index contributed by atoms with van der Waals surface area (Å²) < 4.78 is 5.20. The fourth-order valence-corrected chi connectivity index (χ4v) is 2.84. The number of esters is 1. The van der Waals surface area contributed by atoms with Crippen LogP contribution in [0.5, 0.6) is 5.75 Å². The number of nitroso groups, excluding NO2 is 1. The van der Waals surface area contributed by atoms with Crippen molar-refractivity contribution in [3.05, 3.63) is 51.3 Å². The first kappa shape index (κ1) is 16.3. The zero-order valence-corrected chi connectivity index (χ0v) is 13.1. The molecule has 0 bridgehead atoms. The lowest BCUT2D eigenvalue weighted by atomic mass is 10.2. The van der Waals surface area contributed by atoms with E-state index in [1.807, 2.05) is 7.05 Å². The molecule has 2 rings (SSSR count). The molecule has 1 heterocycles. The molecule has 1 aliphatic heterocycles. The third-order valence-corrected chi connectivity index (χ3v) is 4.21. The molecule has 7 heteroatoms. The molecule has 1 aromatic carbocycles. The molecule has 6 nitrogen and oxygen atoms in total. The van der Waals surface area contributed by atoms with Crippen molar-refractivity contribution in [2.45, 2.75) is 6.42 Å².